The number of hydrogen-bond acceptors (Lipinski definition) is 4. The fourth-order valence-corrected chi connectivity index (χ4v) is 4.94. The van der Waals surface area contributed by atoms with Crippen molar-refractivity contribution >= 4 is 28.4 Å². The fourth-order valence-electron chi connectivity index (χ4n) is 4.07. The van der Waals surface area contributed by atoms with Crippen molar-refractivity contribution < 1.29 is 9.18 Å². The molecule has 0 spiro atoms. The molecule has 4 aromatic carbocycles. The predicted molar refractivity (Wildman–Crippen MR) is 143 cm³/mol. The quantitative estimate of drug-likeness (QED) is 0.224. The lowest BCUT2D eigenvalue weighted by Gasteiger charge is -2.23. The molecule has 0 aliphatic carbocycles. The second-order valence-electron chi connectivity index (χ2n) is 8.42. The Hall–Kier alpha value is -4.03. The SMILES string of the molecule is O=C(CSc1nnc(-c2ccc(F)cc2)c2ccccc12)N(Cc1ccccc1)Cc1ccccc1. The van der Waals surface area contributed by atoms with E-state index in [1.54, 1.807) is 12.1 Å². The normalized spacial score (nSPS) is 10.9. The number of amides is 1. The van der Waals surface area contributed by atoms with E-state index in [9.17, 15) is 9.18 Å². The highest BCUT2D eigenvalue weighted by Gasteiger charge is 2.18. The number of halogens is 1. The van der Waals surface area contributed by atoms with Crippen LogP contribution in [0.2, 0.25) is 0 Å². The zero-order valence-corrected chi connectivity index (χ0v) is 20.4. The largest absolute Gasteiger partial charge is 0.333 e. The fraction of sp³-hybridized carbons (Fsp3) is 0.100. The van der Waals surface area contributed by atoms with Crippen LogP contribution in [0, 0.1) is 5.82 Å². The molecule has 1 aromatic heterocycles. The summed E-state index contributed by atoms with van der Waals surface area (Å²) in [6.07, 6.45) is 0. The van der Waals surface area contributed by atoms with Crippen molar-refractivity contribution in [3.05, 3.63) is 126 Å². The molecule has 0 aliphatic rings. The molecule has 0 fully saturated rings. The lowest BCUT2D eigenvalue weighted by molar-refractivity contribution is -0.129. The van der Waals surface area contributed by atoms with Gasteiger partial charge in [-0.05, 0) is 35.4 Å². The molecule has 5 aromatic rings. The molecule has 0 saturated heterocycles. The second kappa shape index (κ2) is 11.1. The van der Waals surface area contributed by atoms with Gasteiger partial charge in [-0.3, -0.25) is 4.79 Å². The Balaban J connectivity index is 1.38. The minimum absolute atomic E-state index is 0.0289. The third kappa shape index (κ3) is 5.61. The molecule has 1 amide bonds. The number of rotatable bonds is 8. The third-order valence-electron chi connectivity index (χ3n) is 5.89. The smallest absolute Gasteiger partial charge is 0.233 e. The van der Waals surface area contributed by atoms with Crippen LogP contribution in [0.25, 0.3) is 22.0 Å². The summed E-state index contributed by atoms with van der Waals surface area (Å²) in [5.41, 5.74) is 3.65. The molecule has 0 atom stereocenters. The van der Waals surface area contributed by atoms with Gasteiger partial charge < -0.3 is 4.90 Å². The highest BCUT2D eigenvalue weighted by Crippen LogP contribution is 2.32. The Morgan fingerprint density at radius 3 is 1.86 bits per heavy atom. The Morgan fingerprint density at radius 2 is 1.25 bits per heavy atom. The number of benzene rings is 4. The van der Waals surface area contributed by atoms with Crippen LogP contribution in [-0.2, 0) is 17.9 Å². The highest BCUT2D eigenvalue weighted by molar-refractivity contribution is 8.00. The van der Waals surface area contributed by atoms with Gasteiger partial charge in [-0.1, -0.05) is 96.7 Å². The maximum absolute atomic E-state index is 13.4. The van der Waals surface area contributed by atoms with Crippen LogP contribution in [0.4, 0.5) is 4.39 Å². The Labute approximate surface area is 213 Å². The molecule has 0 aliphatic heterocycles. The number of carbonyl (C=O) groups excluding carboxylic acids is 1. The number of fused-ring (bicyclic) bond motifs is 1. The van der Waals surface area contributed by atoms with E-state index < -0.39 is 0 Å². The summed E-state index contributed by atoms with van der Waals surface area (Å²) in [6.45, 7) is 1.07. The maximum Gasteiger partial charge on any atom is 0.233 e. The van der Waals surface area contributed by atoms with E-state index in [1.165, 1.54) is 23.9 Å². The summed E-state index contributed by atoms with van der Waals surface area (Å²) in [5.74, 6) is -0.0210. The summed E-state index contributed by atoms with van der Waals surface area (Å²) < 4.78 is 13.4. The van der Waals surface area contributed by atoms with Crippen LogP contribution >= 0.6 is 11.8 Å². The van der Waals surface area contributed by atoms with Gasteiger partial charge in [0.05, 0.1) is 5.75 Å². The Morgan fingerprint density at radius 1 is 0.694 bits per heavy atom. The number of aromatic nitrogens is 2. The Kier molecular flexibility index (Phi) is 7.33. The van der Waals surface area contributed by atoms with E-state index in [-0.39, 0.29) is 17.5 Å². The summed E-state index contributed by atoms with van der Waals surface area (Å²) in [7, 11) is 0. The molecule has 0 unspecified atom stereocenters. The van der Waals surface area contributed by atoms with Crippen molar-refractivity contribution in [2.24, 2.45) is 0 Å². The van der Waals surface area contributed by atoms with Crippen LogP contribution in [0.1, 0.15) is 11.1 Å². The molecule has 1 heterocycles. The predicted octanol–water partition coefficient (Wildman–Crippen LogP) is 6.76. The zero-order valence-electron chi connectivity index (χ0n) is 19.5. The molecule has 0 bridgehead atoms. The van der Waals surface area contributed by atoms with Crippen LogP contribution in [0.5, 0.6) is 0 Å². The average molecular weight is 494 g/mol. The summed E-state index contributed by atoms with van der Waals surface area (Å²) in [6, 6.07) is 34.1. The number of nitrogens with zero attached hydrogens (tertiary/aromatic N) is 3. The van der Waals surface area contributed by atoms with Gasteiger partial charge in [0, 0.05) is 29.4 Å². The summed E-state index contributed by atoms with van der Waals surface area (Å²) in [4.78, 5) is 15.3. The standard InChI is InChI=1S/C30H24FN3OS/c31-25-17-15-24(16-18-25)29-26-13-7-8-14-27(26)30(33-32-29)36-21-28(35)34(19-22-9-3-1-4-10-22)20-23-11-5-2-6-12-23/h1-18H,19-21H2. The molecule has 0 radical (unpaired) electrons. The molecule has 178 valence electrons. The van der Waals surface area contributed by atoms with E-state index >= 15 is 0 Å². The van der Waals surface area contributed by atoms with E-state index in [1.807, 2.05) is 89.8 Å². The van der Waals surface area contributed by atoms with Gasteiger partial charge in [-0.2, -0.15) is 0 Å². The van der Waals surface area contributed by atoms with E-state index in [2.05, 4.69) is 10.2 Å². The first-order valence-corrected chi connectivity index (χ1v) is 12.7. The van der Waals surface area contributed by atoms with E-state index in [4.69, 9.17) is 0 Å². The number of hydrogen-bond donors (Lipinski definition) is 0. The van der Waals surface area contributed by atoms with E-state index in [0.29, 0.717) is 23.8 Å². The van der Waals surface area contributed by atoms with Crippen LogP contribution in [0.15, 0.2) is 114 Å². The van der Waals surface area contributed by atoms with Crippen molar-refractivity contribution in [1.29, 1.82) is 0 Å². The van der Waals surface area contributed by atoms with Gasteiger partial charge in [0.1, 0.15) is 16.5 Å². The minimum Gasteiger partial charge on any atom is -0.333 e. The molecule has 0 saturated carbocycles. The molecule has 36 heavy (non-hydrogen) atoms. The van der Waals surface area contributed by atoms with Gasteiger partial charge in [0.2, 0.25) is 5.91 Å². The first-order valence-electron chi connectivity index (χ1n) is 11.7. The van der Waals surface area contributed by atoms with Crippen molar-refractivity contribution in [2.75, 3.05) is 5.75 Å². The molecular weight excluding hydrogens is 469 g/mol. The van der Waals surface area contributed by atoms with Crippen LogP contribution < -0.4 is 0 Å². The second-order valence-corrected chi connectivity index (χ2v) is 9.38. The Bertz CT molecular complexity index is 1420. The van der Waals surface area contributed by atoms with Crippen LogP contribution in [0.3, 0.4) is 0 Å². The van der Waals surface area contributed by atoms with Crippen molar-refractivity contribution in [3.8, 4) is 11.3 Å². The topological polar surface area (TPSA) is 46.1 Å². The third-order valence-corrected chi connectivity index (χ3v) is 6.85. The first-order chi connectivity index (χ1) is 17.7. The monoisotopic (exact) mass is 493 g/mol. The van der Waals surface area contributed by atoms with Crippen LogP contribution in [-0.4, -0.2) is 26.8 Å². The number of carbonyl (C=O) groups is 1. The molecule has 5 rings (SSSR count). The van der Waals surface area contributed by atoms with Gasteiger partial charge >= 0.3 is 0 Å². The lowest BCUT2D eigenvalue weighted by Crippen LogP contribution is -2.31. The van der Waals surface area contributed by atoms with Gasteiger partial charge in [0.25, 0.3) is 0 Å². The summed E-state index contributed by atoms with van der Waals surface area (Å²) in [5, 5.41) is 11.4. The zero-order chi connectivity index (χ0) is 24.7. The van der Waals surface area contributed by atoms with Crippen molar-refractivity contribution in [1.82, 2.24) is 15.1 Å². The van der Waals surface area contributed by atoms with Crippen molar-refractivity contribution in [3.63, 3.8) is 0 Å². The van der Waals surface area contributed by atoms with Gasteiger partial charge in [0.15, 0.2) is 0 Å². The van der Waals surface area contributed by atoms with Gasteiger partial charge in [-0.15, -0.1) is 10.2 Å². The average Bonchev–Trinajstić information content (AvgIpc) is 2.93. The lowest BCUT2D eigenvalue weighted by atomic mass is 10.1. The van der Waals surface area contributed by atoms with Crippen molar-refractivity contribution in [2.45, 2.75) is 18.1 Å². The highest BCUT2D eigenvalue weighted by atomic mass is 32.2. The molecular formula is C30H24FN3OS. The maximum atomic E-state index is 13.4. The van der Waals surface area contributed by atoms with Gasteiger partial charge in [-0.25, -0.2) is 4.39 Å². The molecule has 4 nitrogen and oxygen atoms in total. The van der Waals surface area contributed by atoms with E-state index in [0.717, 1.165) is 27.5 Å². The molecule has 0 N–H and O–H groups in total. The molecule has 6 heteroatoms. The minimum atomic E-state index is -0.294. The summed E-state index contributed by atoms with van der Waals surface area (Å²) >= 11 is 1.39. The first kappa shape index (κ1) is 23.7. The number of thioether (sulfide) groups is 1.